The van der Waals surface area contributed by atoms with Gasteiger partial charge in [-0.3, -0.25) is 4.79 Å². The fourth-order valence-electron chi connectivity index (χ4n) is 3.36. The quantitative estimate of drug-likeness (QED) is 0.530. The number of esters is 1. The van der Waals surface area contributed by atoms with E-state index in [9.17, 15) is 14.7 Å². The van der Waals surface area contributed by atoms with Gasteiger partial charge in [0.05, 0.1) is 31.5 Å². The molecule has 1 N–H and O–H groups in total. The lowest BCUT2D eigenvalue weighted by molar-refractivity contribution is 0.0600. The van der Waals surface area contributed by atoms with E-state index < -0.39 is 5.97 Å². The SMILES string of the molecule is COC(=O)c1cccc(Cn2ccn3nc(-c4ccccc4)c(CO)c3c2=O)c1. The normalized spacial score (nSPS) is 11.0. The summed E-state index contributed by atoms with van der Waals surface area (Å²) in [5, 5.41) is 14.4. The maximum absolute atomic E-state index is 13.1. The third-order valence-electron chi connectivity index (χ3n) is 4.77. The number of aromatic nitrogens is 3. The zero-order chi connectivity index (χ0) is 20.4. The number of aliphatic hydroxyl groups excluding tert-OH is 1. The molecular weight excluding hydrogens is 370 g/mol. The van der Waals surface area contributed by atoms with E-state index in [0.29, 0.717) is 22.3 Å². The summed E-state index contributed by atoms with van der Waals surface area (Å²) in [7, 11) is 1.33. The number of ether oxygens (including phenoxy) is 1. The van der Waals surface area contributed by atoms with Crippen molar-refractivity contribution in [1.29, 1.82) is 0 Å². The van der Waals surface area contributed by atoms with Crippen LogP contribution >= 0.6 is 0 Å². The molecule has 0 spiro atoms. The molecule has 0 amide bonds. The fraction of sp³-hybridized carbons (Fsp3) is 0.136. The van der Waals surface area contributed by atoms with Gasteiger partial charge in [-0.25, -0.2) is 9.31 Å². The molecular formula is C22H19N3O4. The van der Waals surface area contributed by atoms with Crippen molar-refractivity contribution < 1.29 is 14.6 Å². The topological polar surface area (TPSA) is 85.8 Å². The van der Waals surface area contributed by atoms with Crippen molar-refractivity contribution >= 4 is 11.5 Å². The van der Waals surface area contributed by atoms with Crippen molar-refractivity contribution in [2.45, 2.75) is 13.2 Å². The van der Waals surface area contributed by atoms with Gasteiger partial charge in [-0.1, -0.05) is 42.5 Å². The van der Waals surface area contributed by atoms with Gasteiger partial charge in [0, 0.05) is 23.5 Å². The number of carbonyl (C=O) groups excluding carboxylic acids is 1. The molecule has 0 aliphatic heterocycles. The van der Waals surface area contributed by atoms with E-state index in [2.05, 4.69) is 5.10 Å². The number of carbonyl (C=O) groups is 1. The molecule has 0 radical (unpaired) electrons. The molecule has 0 bridgehead atoms. The van der Waals surface area contributed by atoms with Crippen LogP contribution in [0, 0.1) is 0 Å². The van der Waals surface area contributed by atoms with E-state index in [-0.39, 0.29) is 18.7 Å². The molecule has 0 aliphatic rings. The Morgan fingerprint density at radius 1 is 1.10 bits per heavy atom. The van der Waals surface area contributed by atoms with Gasteiger partial charge in [-0.15, -0.1) is 0 Å². The molecule has 0 fully saturated rings. The van der Waals surface area contributed by atoms with Crippen LogP contribution in [0.1, 0.15) is 21.5 Å². The molecule has 4 aromatic rings. The van der Waals surface area contributed by atoms with Gasteiger partial charge in [-0.2, -0.15) is 5.10 Å². The zero-order valence-corrected chi connectivity index (χ0v) is 15.8. The number of methoxy groups -OCH3 is 1. The largest absolute Gasteiger partial charge is 0.465 e. The van der Waals surface area contributed by atoms with Gasteiger partial charge in [0.15, 0.2) is 0 Å². The minimum Gasteiger partial charge on any atom is -0.465 e. The molecule has 2 aromatic heterocycles. The van der Waals surface area contributed by atoms with E-state index in [1.54, 1.807) is 30.6 Å². The highest BCUT2D eigenvalue weighted by Gasteiger charge is 2.17. The lowest BCUT2D eigenvalue weighted by Gasteiger charge is -2.08. The van der Waals surface area contributed by atoms with E-state index in [1.807, 2.05) is 36.4 Å². The van der Waals surface area contributed by atoms with Crippen LogP contribution in [0.4, 0.5) is 0 Å². The summed E-state index contributed by atoms with van der Waals surface area (Å²) < 4.78 is 7.78. The summed E-state index contributed by atoms with van der Waals surface area (Å²) in [5.74, 6) is -0.430. The van der Waals surface area contributed by atoms with Crippen LogP contribution in [-0.2, 0) is 17.9 Å². The Bertz CT molecular complexity index is 1240. The zero-order valence-electron chi connectivity index (χ0n) is 15.8. The molecule has 0 atom stereocenters. The first kappa shape index (κ1) is 18.6. The molecule has 0 saturated carbocycles. The summed E-state index contributed by atoms with van der Waals surface area (Å²) in [5.41, 5.74) is 3.16. The first-order chi connectivity index (χ1) is 14.1. The van der Waals surface area contributed by atoms with Gasteiger partial charge in [0.1, 0.15) is 5.52 Å². The predicted octanol–water partition coefficient (Wildman–Crippen LogP) is 2.49. The van der Waals surface area contributed by atoms with Crippen LogP contribution in [0.2, 0.25) is 0 Å². The first-order valence-electron chi connectivity index (χ1n) is 9.06. The number of nitrogens with zero attached hydrogens (tertiary/aromatic N) is 3. The average molecular weight is 389 g/mol. The molecule has 4 rings (SSSR count). The van der Waals surface area contributed by atoms with Crippen molar-refractivity contribution in [3.8, 4) is 11.3 Å². The molecule has 29 heavy (non-hydrogen) atoms. The maximum Gasteiger partial charge on any atom is 0.337 e. The lowest BCUT2D eigenvalue weighted by Crippen LogP contribution is -2.22. The Morgan fingerprint density at radius 2 is 1.90 bits per heavy atom. The number of aliphatic hydroxyl groups is 1. The molecule has 146 valence electrons. The second-order valence-corrected chi connectivity index (χ2v) is 6.57. The molecule has 0 saturated heterocycles. The molecule has 7 nitrogen and oxygen atoms in total. The smallest absolute Gasteiger partial charge is 0.337 e. The average Bonchev–Trinajstić information content (AvgIpc) is 3.15. The maximum atomic E-state index is 13.1. The standard InChI is InChI=1S/C22H19N3O4/c1-29-22(28)17-9-5-6-15(12-17)13-24-10-11-25-20(21(24)27)18(14-26)19(23-25)16-7-3-2-4-8-16/h2-12,26H,13-14H2,1H3. The minimum atomic E-state index is -0.430. The minimum absolute atomic E-state index is 0.269. The van der Waals surface area contributed by atoms with Gasteiger partial charge < -0.3 is 14.4 Å². The van der Waals surface area contributed by atoms with Crippen LogP contribution in [0.25, 0.3) is 16.8 Å². The van der Waals surface area contributed by atoms with Crippen molar-refractivity contribution in [3.05, 3.63) is 94.0 Å². The van der Waals surface area contributed by atoms with E-state index in [0.717, 1.165) is 11.1 Å². The summed E-state index contributed by atoms with van der Waals surface area (Å²) in [6.45, 7) is -0.0261. The highest BCUT2D eigenvalue weighted by Crippen LogP contribution is 2.24. The predicted molar refractivity (Wildman–Crippen MR) is 108 cm³/mol. The highest BCUT2D eigenvalue weighted by molar-refractivity contribution is 5.89. The molecule has 0 aliphatic carbocycles. The number of benzene rings is 2. The molecule has 2 aromatic carbocycles. The number of rotatable bonds is 5. The molecule has 7 heteroatoms. The van der Waals surface area contributed by atoms with Crippen LogP contribution in [0.3, 0.4) is 0 Å². The summed E-state index contributed by atoms with van der Waals surface area (Å²) >= 11 is 0. The second kappa shape index (κ2) is 7.73. The Kier molecular flexibility index (Phi) is 4.97. The third kappa shape index (κ3) is 3.43. The third-order valence-corrected chi connectivity index (χ3v) is 4.77. The molecule has 0 unspecified atom stereocenters. The Labute approximate surface area is 166 Å². The highest BCUT2D eigenvalue weighted by atomic mass is 16.5. The Balaban J connectivity index is 1.79. The number of fused-ring (bicyclic) bond motifs is 1. The summed E-state index contributed by atoms with van der Waals surface area (Å²) in [6.07, 6.45) is 3.33. The first-order valence-corrected chi connectivity index (χ1v) is 9.06. The number of hydrogen-bond donors (Lipinski definition) is 1. The van der Waals surface area contributed by atoms with E-state index >= 15 is 0 Å². The van der Waals surface area contributed by atoms with Gasteiger partial charge >= 0.3 is 5.97 Å². The van der Waals surface area contributed by atoms with Crippen molar-refractivity contribution in [1.82, 2.24) is 14.2 Å². The monoisotopic (exact) mass is 389 g/mol. The van der Waals surface area contributed by atoms with Crippen LogP contribution in [0.5, 0.6) is 0 Å². The van der Waals surface area contributed by atoms with Gasteiger partial charge in [-0.05, 0) is 17.7 Å². The Hall–Kier alpha value is -3.71. The van der Waals surface area contributed by atoms with Crippen LogP contribution in [-0.4, -0.2) is 32.4 Å². The van der Waals surface area contributed by atoms with E-state index in [1.165, 1.54) is 16.2 Å². The summed E-state index contributed by atoms with van der Waals surface area (Å²) in [4.78, 5) is 24.9. The van der Waals surface area contributed by atoms with Crippen molar-refractivity contribution in [2.24, 2.45) is 0 Å². The summed E-state index contributed by atoms with van der Waals surface area (Å²) in [6, 6.07) is 16.4. The number of hydrogen-bond acceptors (Lipinski definition) is 5. The van der Waals surface area contributed by atoms with Crippen LogP contribution < -0.4 is 5.56 Å². The molecule has 2 heterocycles. The van der Waals surface area contributed by atoms with Gasteiger partial charge in [0.25, 0.3) is 5.56 Å². The Morgan fingerprint density at radius 3 is 2.62 bits per heavy atom. The van der Waals surface area contributed by atoms with Crippen molar-refractivity contribution in [2.75, 3.05) is 7.11 Å². The lowest BCUT2D eigenvalue weighted by atomic mass is 10.1. The van der Waals surface area contributed by atoms with Crippen LogP contribution in [0.15, 0.2) is 71.8 Å². The van der Waals surface area contributed by atoms with Crippen molar-refractivity contribution in [3.63, 3.8) is 0 Å². The second-order valence-electron chi connectivity index (χ2n) is 6.57. The fourth-order valence-corrected chi connectivity index (χ4v) is 3.36. The van der Waals surface area contributed by atoms with E-state index in [4.69, 9.17) is 4.74 Å². The van der Waals surface area contributed by atoms with Gasteiger partial charge in [0.2, 0.25) is 0 Å².